The number of hydrogen-bond donors (Lipinski definition) is 2. The molecular formula is C14H14F3NO5. The van der Waals surface area contributed by atoms with Gasteiger partial charge in [0.05, 0.1) is 6.54 Å². The molecule has 1 amide bonds. The summed E-state index contributed by atoms with van der Waals surface area (Å²) in [6.45, 7) is -1.39. The van der Waals surface area contributed by atoms with Gasteiger partial charge in [-0.15, -0.1) is 0 Å². The molecule has 1 saturated heterocycles. The van der Waals surface area contributed by atoms with E-state index in [1.54, 1.807) is 30.3 Å². The molecule has 0 radical (unpaired) electrons. The number of amides is 1. The quantitative estimate of drug-likeness (QED) is 0.880. The minimum atomic E-state index is -5.05. The van der Waals surface area contributed by atoms with E-state index < -0.39 is 42.8 Å². The molecule has 0 spiro atoms. The smallest absolute Gasteiger partial charge is 0.419 e. The summed E-state index contributed by atoms with van der Waals surface area (Å²) in [5.74, 6) is -1.64. The largest absolute Gasteiger partial charge is 0.480 e. The molecule has 1 heterocycles. The number of aliphatic hydroxyl groups is 1. The van der Waals surface area contributed by atoms with E-state index in [0.717, 1.165) is 0 Å². The Balaban J connectivity index is 2.09. The number of likely N-dealkylation sites (tertiary alicyclic amines) is 1. The average molecular weight is 333 g/mol. The molecule has 1 aliphatic heterocycles. The highest BCUT2D eigenvalue weighted by Crippen LogP contribution is 2.40. The maximum atomic E-state index is 12.8. The van der Waals surface area contributed by atoms with Crippen LogP contribution in [0.2, 0.25) is 0 Å². The Labute approximate surface area is 129 Å². The number of β-amino-alcohol motifs (C(OH)–C–C–N with tert-alkyl or cyclic N) is 1. The van der Waals surface area contributed by atoms with Gasteiger partial charge in [-0.2, -0.15) is 13.2 Å². The van der Waals surface area contributed by atoms with E-state index in [2.05, 4.69) is 0 Å². The van der Waals surface area contributed by atoms with Gasteiger partial charge in [0, 0.05) is 6.42 Å². The molecule has 0 bridgehead atoms. The Morgan fingerprint density at radius 1 is 1.30 bits per heavy atom. The fourth-order valence-corrected chi connectivity index (χ4v) is 2.31. The molecular weight excluding hydrogens is 319 g/mol. The molecule has 0 aromatic heterocycles. The first-order chi connectivity index (χ1) is 10.6. The number of carboxylic acid groups (broad SMARTS) is 1. The predicted octanol–water partition coefficient (Wildman–Crippen LogP) is 1.78. The van der Waals surface area contributed by atoms with Gasteiger partial charge >= 0.3 is 18.2 Å². The predicted molar refractivity (Wildman–Crippen MR) is 70.4 cm³/mol. The second-order valence-electron chi connectivity index (χ2n) is 5.26. The average Bonchev–Trinajstić information content (AvgIpc) is 2.85. The van der Waals surface area contributed by atoms with Crippen LogP contribution < -0.4 is 0 Å². The molecule has 0 aliphatic carbocycles. The monoisotopic (exact) mass is 333 g/mol. The van der Waals surface area contributed by atoms with Crippen LogP contribution in [0.15, 0.2) is 30.3 Å². The topological polar surface area (TPSA) is 87.1 Å². The summed E-state index contributed by atoms with van der Waals surface area (Å²) in [7, 11) is 0. The second kappa shape index (κ2) is 6.07. The van der Waals surface area contributed by atoms with Crippen LogP contribution in [0.1, 0.15) is 12.0 Å². The van der Waals surface area contributed by atoms with Crippen molar-refractivity contribution in [1.29, 1.82) is 0 Å². The van der Waals surface area contributed by atoms with Gasteiger partial charge in [0.1, 0.15) is 12.6 Å². The van der Waals surface area contributed by atoms with Crippen LogP contribution in [0, 0.1) is 0 Å². The van der Waals surface area contributed by atoms with E-state index in [1.807, 2.05) is 0 Å². The third-order valence-corrected chi connectivity index (χ3v) is 3.59. The Hall–Kier alpha value is -2.29. The first-order valence-electron chi connectivity index (χ1n) is 6.63. The van der Waals surface area contributed by atoms with Crippen LogP contribution in [0.5, 0.6) is 0 Å². The zero-order chi connectivity index (χ0) is 17.3. The van der Waals surface area contributed by atoms with Gasteiger partial charge in [-0.25, -0.2) is 9.59 Å². The Bertz CT molecular complexity index is 592. The van der Waals surface area contributed by atoms with E-state index >= 15 is 0 Å². The fourth-order valence-electron chi connectivity index (χ4n) is 2.31. The van der Waals surface area contributed by atoms with Crippen molar-refractivity contribution in [2.45, 2.75) is 30.8 Å². The van der Waals surface area contributed by atoms with E-state index in [4.69, 9.17) is 9.84 Å². The van der Waals surface area contributed by atoms with E-state index in [1.165, 1.54) is 0 Å². The van der Waals surface area contributed by atoms with Gasteiger partial charge in [-0.3, -0.25) is 4.90 Å². The van der Waals surface area contributed by atoms with Gasteiger partial charge in [0.25, 0.3) is 0 Å². The summed E-state index contributed by atoms with van der Waals surface area (Å²) in [4.78, 5) is 23.4. The molecule has 1 fully saturated rings. The maximum Gasteiger partial charge on any atom is 0.419 e. The molecule has 1 aromatic carbocycles. The highest BCUT2D eigenvalue weighted by Gasteiger charge is 2.62. The van der Waals surface area contributed by atoms with Crippen LogP contribution in [-0.4, -0.2) is 51.5 Å². The molecule has 0 unspecified atom stereocenters. The van der Waals surface area contributed by atoms with Crippen LogP contribution in [0.25, 0.3) is 0 Å². The lowest BCUT2D eigenvalue weighted by molar-refractivity contribution is -0.253. The summed E-state index contributed by atoms with van der Waals surface area (Å²) >= 11 is 0. The Morgan fingerprint density at radius 3 is 2.43 bits per heavy atom. The zero-order valence-corrected chi connectivity index (χ0v) is 11.8. The molecule has 2 atom stereocenters. The third kappa shape index (κ3) is 3.55. The zero-order valence-electron chi connectivity index (χ0n) is 11.8. The molecule has 126 valence electrons. The van der Waals surface area contributed by atoms with E-state index in [9.17, 15) is 27.9 Å². The summed E-state index contributed by atoms with van der Waals surface area (Å²) in [6, 6.07) is 6.57. The molecule has 6 nitrogen and oxygen atoms in total. The number of carbonyl (C=O) groups excluding carboxylic acids is 1. The number of ether oxygens (including phenoxy) is 1. The van der Waals surface area contributed by atoms with Crippen molar-refractivity contribution in [3.63, 3.8) is 0 Å². The number of hydrogen-bond acceptors (Lipinski definition) is 4. The summed E-state index contributed by atoms with van der Waals surface area (Å²) in [6.07, 6.45) is -7.40. The number of halogens is 3. The first kappa shape index (κ1) is 17.1. The number of rotatable bonds is 3. The van der Waals surface area contributed by atoms with Crippen molar-refractivity contribution < 1.29 is 37.7 Å². The standard InChI is InChI=1S/C14H14F3NO5/c15-14(16,17)13(22)6-10(11(19)20)18(8-13)12(21)23-7-9-4-2-1-3-5-9/h1-5,10,22H,6-8H2,(H,19,20)/t10-,13-/m0/s1. The highest BCUT2D eigenvalue weighted by molar-refractivity contribution is 5.81. The molecule has 1 aliphatic rings. The third-order valence-electron chi connectivity index (χ3n) is 3.59. The van der Waals surface area contributed by atoms with Gasteiger partial charge in [-0.1, -0.05) is 30.3 Å². The molecule has 2 N–H and O–H groups in total. The van der Waals surface area contributed by atoms with E-state index in [-0.39, 0.29) is 6.61 Å². The Kier molecular flexibility index (Phi) is 4.51. The summed E-state index contributed by atoms with van der Waals surface area (Å²) < 4.78 is 43.4. The van der Waals surface area contributed by atoms with Crippen LogP contribution in [-0.2, 0) is 16.1 Å². The van der Waals surface area contributed by atoms with Gasteiger partial charge < -0.3 is 14.9 Å². The number of nitrogens with zero attached hydrogens (tertiary/aromatic N) is 1. The summed E-state index contributed by atoms with van der Waals surface area (Å²) in [5.41, 5.74) is -2.67. The molecule has 1 aromatic rings. The lowest BCUT2D eigenvalue weighted by Gasteiger charge is -2.25. The van der Waals surface area contributed by atoms with Crippen molar-refractivity contribution in [1.82, 2.24) is 4.90 Å². The lowest BCUT2D eigenvalue weighted by Crippen LogP contribution is -2.48. The minimum absolute atomic E-state index is 0.215. The fraction of sp³-hybridized carbons (Fsp3) is 0.429. The van der Waals surface area contributed by atoms with Crippen molar-refractivity contribution >= 4 is 12.1 Å². The number of aliphatic carboxylic acids is 1. The molecule has 0 saturated carbocycles. The van der Waals surface area contributed by atoms with Gasteiger partial charge in [0.2, 0.25) is 0 Å². The summed E-state index contributed by atoms with van der Waals surface area (Å²) in [5, 5.41) is 18.6. The molecule has 23 heavy (non-hydrogen) atoms. The van der Waals surface area contributed by atoms with Crippen molar-refractivity contribution in [3.8, 4) is 0 Å². The van der Waals surface area contributed by atoms with Crippen LogP contribution >= 0.6 is 0 Å². The van der Waals surface area contributed by atoms with E-state index in [0.29, 0.717) is 10.5 Å². The number of benzene rings is 1. The normalized spacial score (nSPS) is 24.5. The maximum absolute atomic E-state index is 12.8. The van der Waals surface area contributed by atoms with Crippen molar-refractivity contribution in [2.75, 3.05) is 6.54 Å². The van der Waals surface area contributed by atoms with Crippen LogP contribution in [0.4, 0.5) is 18.0 Å². The molecule has 2 rings (SSSR count). The SMILES string of the molecule is O=C(O)[C@@H]1C[C@@](O)(C(F)(F)F)CN1C(=O)OCc1ccccc1. The Morgan fingerprint density at radius 2 is 1.91 bits per heavy atom. The highest BCUT2D eigenvalue weighted by atomic mass is 19.4. The number of carboxylic acids is 1. The lowest BCUT2D eigenvalue weighted by atomic mass is 10.00. The minimum Gasteiger partial charge on any atom is -0.480 e. The van der Waals surface area contributed by atoms with Gasteiger partial charge in [0.15, 0.2) is 5.60 Å². The number of alkyl halides is 3. The number of carbonyl (C=O) groups is 2. The first-order valence-corrected chi connectivity index (χ1v) is 6.63. The second-order valence-corrected chi connectivity index (χ2v) is 5.26. The van der Waals surface area contributed by atoms with Gasteiger partial charge in [-0.05, 0) is 5.56 Å². The van der Waals surface area contributed by atoms with Crippen LogP contribution in [0.3, 0.4) is 0 Å². The molecule has 9 heteroatoms. The van der Waals surface area contributed by atoms with Crippen molar-refractivity contribution in [2.24, 2.45) is 0 Å². The van der Waals surface area contributed by atoms with Crippen molar-refractivity contribution in [3.05, 3.63) is 35.9 Å².